The van der Waals surface area contributed by atoms with Crippen LogP contribution in [0.15, 0.2) is 24.3 Å². The highest BCUT2D eigenvalue weighted by molar-refractivity contribution is 6.03. The number of esters is 1. The van der Waals surface area contributed by atoms with Crippen LogP contribution in [0, 0.1) is 13.8 Å². The van der Waals surface area contributed by atoms with Crippen molar-refractivity contribution in [3.8, 4) is 0 Å². The zero-order chi connectivity index (χ0) is 21.3. The van der Waals surface area contributed by atoms with Crippen molar-refractivity contribution in [1.82, 2.24) is 14.7 Å². The molecule has 9 nitrogen and oxygen atoms in total. The van der Waals surface area contributed by atoms with Gasteiger partial charge in [-0.05, 0) is 19.4 Å². The molecule has 1 fully saturated rings. The van der Waals surface area contributed by atoms with E-state index in [1.807, 2.05) is 31.2 Å². The Hall–Kier alpha value is -3.20. The molecule has 1 aliphatic rings. The van der Waals surface area contributed by atoms with Crippen LogP contribution in [-0.4, -0.2) is 59.3 Å². The van der Waals surface area contributed by atoms with E-state index in [0.29, 0.717) is 5.69 Å². The monoisotopic (exact) mass is 400 g/mol. The van der Waals surface area contributed by atoms with Crippen molar-refractivity contribution in [2.75, 3.05) is 26.1 Å². The first-order valence-electron chi connectivity index (χ1n) is 9.11. The molecule has 1 aromatic carbocycles. The molecular formula is C20H24N4O5. The van der Waals surface area contributed by atoms with Crippen molar-refractivity contribution >= 4 is 23.5 Å². The van der Waals surface area contributed by atoms with E-state index in [0.717, 1.165) is 11.1 Å². The van der Waals surface area contributed by atoms with Crippen LogP contribution in [0.5, 0.6) is 0 Å². The molecule has 2 amide bonds. The maximum atomic E-state index is 13.1. The number of likely N-dealkylation sites (N-methyl/N-ethyl adjacent to an activating group) is 1. The number of carbonyl (C=O) groups excluding carboxylic acids is 3. The number of ether oxygens (including phenoxy) is 2. The summed E-state index contributed by atoms with van der Waals surface area (Å²) in [4.78, 5) is 39.0. The van der Waals surface area contributed by atoms with Gasteiger partial charge in [0.05, 0.1) is 24.5 Å². The molecular weight excluding hydrogens is 376 g/mol. The molecule has 1 aromatic heterocycles. The van der Waals surface area contributed by atoms with Crippen LogP contribution < -0.4 is 5.32 Å². The van der Waals surface area contributed by atoms with E-state index in [-0.39, 0.29) is 23.9 Å². The highest BCUT2D eigenvalue weighted by Crippen LogP contribution is 2.31. The van der Waals surface area contributed by atoms with Gasteiger partial charge in [0.2, 0.25) is 5.91 Å². The fraction of sp³-hybridized carbons (Fsp3) is 0.400. The highest BCUT2D eigenvalue weighted by atomic mass is 16.5. The topological polar surface area (TPSA) is 103 Å². The summed E-state index contributed by atoms with van der Waals surface area (Å²) < 4.78 is 11.8. The lowest BCUT2D eigenvalue weighted by molar-refractivity contribution is -0.160. The van der Waals surface area contributed by atoms with Crippen molar-refractivity contribution in [1.29, 1.82) is 0 Å². The molecule has 9 heteroatoms. The molecule has 29 heavy (non-hydrogen) atoms. The average molecular weight is 400 g/mol. The molecule has 0 radical (unpaired) electrons. The van der Waals surface area contributed by atoms with Crippen LogP contribution in [0.2, 0.25) is 0 Å². The molecule has 0 saturated carbocycles. The molecule has 2 aromatic rings. The summed E-state index contributed by atoms with van der Waals surface area (Å²) in [7, 11) is 4.49. The minimum atomic E-state index is -0.953. The number of morpholine rings is 1. The van der Waals surface area contributed by atoms with E-state index in [2.05, 4.69) is 10.4 Å². The Kier molecular flexibility index (Phi) is 5.69. The maximum absolute atomic E-state index is 13.1. The van der Waals surface area contributed by atoms with Crippen LogP contribution in [0.25, 0.3) is 0 Å². The van der Waals surface area contributed by atoms with Crippen molar-refractivity contribution in [2.45, 2.75) is 26.0 Å². The van der Waals surface area contributed by atoms with Crippen molar-refractivity contribution in [2.24, 2.45) is 7.05 Å². The first kappa shape index (κ1) is 20.5. The van der Waals surface area contributed by atoms with Gasteiger partial charge >= 0.3 is 5.97 Å². The molecule has 0 bridgehead atoms. The Morgan fingerprint density at radius 1 is 1.21 bits per heavy atom. The summed E-state index contributed by atoms with van der Waals surface area (Å²) in [5, 5.41) is 6.93. The Morgan fingerprint density at radius 3 is 2.48 bits per heavy atom. The molecule has 1 aliphatic heterocycles. The van der Waals surface area contributed by atoms with Crippen LogP contribution >= 0.6 is 0 Å². The largest absolute Gasteiger partial charge is 0.464 e. The number of hydrogen-bond acceptors (Lipinski definition) is 6. The molecule has 1 saturated heterocycles. The van der Waals surface area contributed by atoms with Crippen molar-refractivity contribution in [3.63, 3.8) is 0 Å². The van der Waals surface area contributed by atoms with Crippen molar-refractivity contribution < 1.29 is 23.9 Å². The summed E-state index contributed by atoms with van der Waals surface area (Å²) in [6, 6.07) is 6.97. The summed E-state index contributed by atoms with van der Waals surface area (Å²) in [6.45, 7) is 3.43. The minimum absolute atomic E-state index is 0.130. The van der Waals surface area contributed by atoms with E-state index in [1.165, 1.54) is 16.7 Å². The number of hydrogen-bond donors (Lipinski definition) is 1. The molecule has 154 valence electrons. The number of aromatic nitrogens is 2. The third kappa shape index (κ3) is 3.86. The number of aryl methyl sites for hydroxylation is 3. The standard InChI is InChI=1S/C20H24N4O5/c1-11-6-8-13(9-7-11)16-18(29-10-14(25)23(16)3)19(26)21-15-12(2)22-24(4)17(15)20(27)28-5/h6-9,16,18H,10H2,1-5H3,(H,21,26). The van der Waals surface area contributed by atoms with Gasteiger partial charge in [0.1, 0.15) is 6.61 Å². The predicted molar refractivity (Wildman–Crippen MR) is 104 cm³/mol. The third-order valence-corrected chi connectivity index (χ3v) is 5.01. The second-order valence-corrected chi connectivity index (χ2v) is 7.01. The lowest BCUT2D eigenvalue weighted by Gasteiger charge is -2.38. The zero-order valence-corrected chi connectivity index (χ0v) is 17.1. The maximum Gasteiger partial charge on any atom is 0.358 e. The number of rotatable bonds is 4. The van der Waals surface area contributed by atoms with Gasteiger partial charge < -0.3 is 19.7 Å². The lowest BCUT2D eigenvalue weighted by Crippen LogP contribution is -2.51. The second kappa shape index (κ2) is 8.04. The van der Waals surface area contributed by atoms with Gasteiger partial charge in [0, 0.05) is 14.1 Å². The Morgan fingerprint density at radius 2 is 1.86 bits per heavy atom. The lowest BCUT2D eigenvalue weighted by atomic mass is 9.96. The Balaban J connectivity index is 1.94. The van der Waals surface area contributed by atoms with Crippen molar-refractivity contribution in [3.05, 3.63) is 46.8 Å². The molecule has 2 unspecified atom stereocenters. The first-order chi connectivity index (χ1) is 13.7. The Labute approximate surface area is 168 Å². The van der Waals surface area contributed by atoms with Gasteiger partial charge in [0.25, 0.3) is 5.91 Å². The molecule has 0 aliphatic carbocycles. The summed E-state index contributed by atoms with van der Waals surface area (Å²) in [5.74, 6) is -1.31. The van der Waals surface area contributed by atoms with Crippen LogP contribution in [-0.2, 0) is 26.1 Å². The Bertz CT molecular complexity index is 951. The van der Waals surface area contributed by atoms with E-state index in [9.17, 15) is 14.4 Å². The van der Waals surface area contributed by atoms with E-state index < -0.39 is 24.0 Å². The minimum Gasteiger partial charge on any atom is -0.464 e. The summed E-state index contributed by atoms with van der Waals surface area (Å²) in [5.41, 5.74) is 2.70. The van der Waals surface area contributed by atoms with Gasteiger partial charge in [-0.3, -0.25) is 14.3 Å². The van der Waals surface area contributed by atoms with Crippen LogP contribution in [0.1, 0.15) is 33.4 Å². The number of anilines is 1. The number of carbonyl (C=O) groups is 3. The molecule has 3 rings (SSSR count). The fourth-order valence-electron chi connectivity index (χ4n) is 3.43. The predicted octanol–water partition coefficient (Wildman–Crippen LogP) is 1.36. The highest BCUT2D eigenvalue weighted by Gasteiger charge is 2.40. The number of nitrogens with one attached hydrogen (secondary N) is 1. The van der Waals surface area contributed by atoms with Gasteiger partial charge in [0.15, 0.2) is 11.8 Å². The summed E-state index contributed by atoms with van der Waals surface area (Å²) >= 11 is 0. The number of methoxy groups -OCH3 is 1. The van der Waals surface area contributed by atoms with Gasteiger partial charge in [-0.25, -0.2) is 4.79 Å². The molecule has 1 N–H and O–H groups in total. The average Bonchev–Trinajstić information content (AvgIpc) is 2.97. The first-order valence-corrected chi connectivity index (χ1v) is 9.11. The number of nitrogens with zero attached hydrogens (tertiary/aromatic N) is 3. The van der Waals surface area contributed by atoms with Crippen LogP contribution in [0.4, 0.5) is 5.69 Å². The van der Waals surface area contributed by atoms with Gasteiger partial charge in [-0.2, -0.15) is 5.10 Å². The number of benzene rings is 1. The second-order valence-electron chi connectivity index (χ2n) is 7.01. The van der Waals surface area contributed by atoms with E-state index in [4.69, 9.17) is 9.47 Å². The van der Waals surface area contributed by atoms with Crippen LogP contribution in [0.3, 0.4) is 0 Å². The van der Waals surface area contributed by atoms with Gasteiger partial charge in [-0.15, -0.1) is 0 Å². The smallest absolute Gasteiger partial charge is 0.358 e. The zero-order valence-electron chi connectivity index (χ0n) is 17.1. The van der Waals surface area contributed by atoms with E-state index in [1.54, 1.807) is 21.0 Å². The SMILES string of the molecule is COC(=O)c1c(NC(=O)C2OCC(=O)N(C)C2c2ccc(C)cc2)c(C)nn1C. The summed E-state index contributed by atoms with van der Waals surface area (Å²) in [6.07, 6.45) is -0.953. The fourth-order valence-corrected chi connectivity index (χ4v) is 3.43. The molecule has 0 spiro atoms. The third-order valence-electron chi connectivity index (χ3n) is 5.01. The number of amides is 2. The molecule has 2 heterocycles. The molecule has 2 atom stereocenters. The van der Waals surface area contributed by atoms with Gasteiger partial charge in [-0.1, -0.05) is 29.8 Å². The van der Waals surface area contributed by atoms with E-state index >= 15 is 0 Å². The normalized spacial score (nSPS) is 19.2. The quantitative estimate of drug-likeness (QED) is 0.778.